The number of hydrogen-bond donors (Lipinski definition) is 1. The lowest BCUT2D eigenvalue weighted by Crippen LogP contribution is -2.16. The predicted molar refractivity (Wildman–Crippen MR) is 110 cm³/mol. The van der Waals surface area contributed by atoms with Crippen LogP contribution >= 0.6 is 0 Å². The van der Waals surface area contributed by atoms with Crippen LogP contribution in [-0.4, -0.2) is 22.8 Å². The van der Waals surface area contributed by atoms with Crippen LogP contribution in [0.15, 0.2) is 91.0 Å². The summed E-state index contributed by atoms with van der Waals surface area (Å²) in [6.45, 7) is 0. The summed E-state index contributed by atoms with van der Waals surface area (Å²) in [4.78, 5) is 12.9. The van der Waals surface area contributed by atoms with Crippen molar-refractivity contribution < 1.29 is 9.53 Å². The van der Waals surface area contributed by atoms with Crippen LogP contribution in [0, 0.1) is 0 Å². The molecule has 1 aromatic heterocycles. The maximum atomic E-state index is 12.9. The van der Waals surface area contributed by atoms with E-state index in [2.05, 4.69) is 5.32 Å². The van der Waals surface area contributed by atoms with Gasteiger partial charge in [0.2, 0.25) is 0 Å². The fourth-order valence-electron chi connectivity index (χ4n) is 3.00. The van der Waals surface area contributed by atoms with Crippen LogP contribution in [0.4, 0.5) is 5.82 Å². The van der Waals surface area contributed by atoms with Gasteiger partial charge in [0.1, 0.15) is 11.6 Å². The minimum Gasteiger partial charge on any atom is -0.496 e. The van der Waals surface area contributed by atoms with Crippen molar-refractivity contribution in [1.82, 2.24) is 9.78 Å². The van der Waals surface area contributed by atoms with Crippen LogP contribution < -0.4 is 10.1 Å². The number of methoxy groups -OCH3 is 1. The van der Waals surface area contributed by atoms with E-state index in [-0.39, 0.29) is 5.91 Å². The molecule has 0 saturated carbocycles. The molecule has 0 atom stereocenters. The second-order valence-electron chi connectivity index (χ2n) is 6.18. The average molecular weight is 369 g/mol. The fourth-order valence-corrected chi connectivity index (χ4v) is 3.00. The highest BCUT2D eigenvalue weighted by Gasteiger charge is 2.17. The van der Waals surface area contributed by atoms with E-state index in [1.54, 1.807) is 30.0 Å². The molecule has 1 amide bonds. The Morgan fingerprint density at radius 2 is 1.54 bits per heavy atom. The van der Waals surface area contributed by atoms with E-state index in [9.17, 15) is 4.79 Å². The number of benzene rings is 3. The second-order valence-corrected chi connectivity index (χ2v) is 6.18. The Morgan fingerprint density at radius 3 is 2.25 bits per heavy atom. The third-order valence-electron chi connectivity index (χ3n) is 4.37. The van der Waals surface area contributed by atoms with Crippen LogP contribution in [0.5, 0.6) is 5.75 Å². The van der Waals surface area contributed by atoms with Crippen LogP contribution in [0.1, 0.15) is 10.4 Å². The molecule has 0 aliphatic heterocycles. The van der Waals surface area contributed by atoms with E-state index in [0.29, 0.717) is 17.1 Å². The molecule has 4 rings (SSSR count). The first-order chi connectivity index (χ1) is 13.8. The van der Waals surface area contributed by atoms with Crippen molar-refractivity contribution in [2.45, 2.75) is 0 Å². The van der Waals surface area contributed by atoms with Crippen molar-refractivity contribution in [1.29, 1.82) is 0 Å². The molecule has 0 bridgehead atoms. The number of nitrogens with one attached hydrogen (secondary N) is 1. The standard InChI is InChI=1S/C23H19N3O2/c1-28-21-15-9-8-14-19(21)23(27)24-22-16-20(17-10-4-2-5-11-17)25-26(22)18-12-6-3-7-13-18/h2-16H,1H3,(H,24,27). The summed E-state index contributed by atoms with van der Waals surface area (Å²) in [6.07, 6.45) is 0. The van der Waals surface area contributed by atoms with Crippen LogP contribution in [-0.2, 0) is 0 Å². The fraction of sp³-hybridized carbons (Fsp3) is 0.0435. The zero-order valence-electron chi connectivity index (χ0n) is 15.4. The third kappa shape index (κ3) is 3.50. The topological polar surface area (TPSA) is 56.1 Å². The predicted octanol–water partition coefficient (Wildman–Crippen LogP) is 4.80. The lowest BCUT2D eigenvalue weighted by molar-refractivity contribution is 0.102. The molecule has 28 heavy (non-hydrogen) atoms. The minimum atomic E-state index is -0.255. The maximum absolute atomic E-state index is 12.9. The van der Waals surface area contributed by atoms with Crippen LogP contribution in [0.2, 0.25) is 0 Å². The van der Waals surface area contributed by atoms with Gasteiger partial charge in [0.15, 0.2) is 0 Å². The van der Waals surface area contributed by atoms with Crippen molar-refractivity contribution >= 4 is 11.7 Å². The van der Waals surface area contributed by atoms with E-state index in [1.165, 1.54) is 0 Å². The van der Waals surface area contributed by atoms with Gasteiger partial charge in [-0.25, -0.2) is 4.68 Å². The average Bonchev–Trinajstić information content (AvgIpc) is 3.18. The van der Waals surface area contributed by atoms with Gasteiger partial charge >= 0.3 is 0 Å². The number of ether oxygens (including phenoxy) is 1. The van der Waals surface area contributed by atoms with E-state index in [4.69, 9.17) is 9.84 Å². The van der Waals surface area contributed by atoms with E-state index < -0.39 is 0 Å². The van der Waals surface area contributed by atoms with Gasteiger partial charge in [0, 0.05) is 11.6 Å². The molecule has 0 aliphatic rings. The van der Waals surface area contributed by atoms with E-state index in [0.717, 1.165) is 16.9 Å². The summed E-state index contributed by atoms with van der Waals surface area (Å²) >= 11 is 0. The first-order valence-electron chi connectivity index (χ1n) is 8.91. The summed E-state index contributed by atoms with van der Waals surface area (Å²) in [5.41, 5.74) is 3.08. The number of carbonyl (C=O) groups excluding carboxylic acids is 1. The molecule has 5 nitrogen and oxygen atoms in total. The first-order valence-corrected chi connectivity index (χ1v) is 8.91. The molecular weight excluding hydrogens is 350 g/mol. The molecule has 0 fully saturated rings. The molecule has 4 aromatic rings. The number of rotatable bonds is 5. The van der Waals surface area contributed by atoms with Gasteiger partial charge in [0.25, 0.3) is 5.91 Å². The van der Waals surface area contributed by atoms with Crippen molar-refractivity contribution in [3.63, 3.8) is 0 Å². The lowest BCUT2D eigenvalue weighted by atomic mass is 10.1. The van der Waals surface area contributed by atoms with Crippen LogP contribution in [0.3, 0.4) is 0 Å². The van der Waals surface area contributed by atoms with Gasteiger partial charge < -0.3 is 10.1 Å². The number of nitrogens with zero attached hydrogens (tertiary/aromatic N) is 2. The molecule has 138 valence electrons. The van der Waals surface area contributed by atoms with Crippen molar-refractivity contribution in [2.24, 2.45) is 0 Å². The molecule has 0 saturated heterocycles. The Kier molecular flexibility index (Phi) is 4.89. The highest BCUT2D eigenvalue weighted by molar-refractivity contribution is 6.06. The number of anilines is 1. The van der Waals surface area contributed by atoms with Crippen molar-refractivity contribution in [3.8, 4) is 22.7 Å². The summed E-state index contributed by atoms with van der Waals surface area (Å²) in [6, 6.07) is 28.6. The number of para-hydroxylation sites is 2. The summed E-state index contributed by atoms with van der Waals surface area (Å²) in [5, 5.41) is 7.68. The van der Waals surface area contributed by atoms with E-state index >= 15 is 0 Å². The molecular formula is C23H19N3O2. The summed E-state index contributed by atoms with van der Waals surface area (Å²) in [5.74, 6) is 0.851. The smallest absolute Gasteiger partial charge is 0.260 e. The molecule has 0 radical (unpaired) electrons. The molecule has 0 spiro atoms. The Hall–Kier alpha value is -3.86. The highest BCUT2D eigenvalue weighted by Crippen LogP contribution is 2.26. The molecule has 3 aromatic carbocycles. The van der Waals surface area contributed by atoms with E-state index in [1.807, 2.05) is 72.8 Å². The summed E-state index contributed by atoms with van der Waals surface area (Å²) < 4.78 is 7.04. The Bertz CT molecular complexity index is 1090. The number of aromatic nitrogens is 2. The van der Waals surface area contributed by atoms with Gasteiger partial charge in [-0.1, -0.05) is 60.7 Å². The van der Waals surface area contributed by atoms with Crippen molar-refractivity contribution in [2.75, 3.05) is 12.4 Å². The number of hydrogen-bond acceptors (Lipinski definition) is 3. The SMILES string of the molecule is COc1ccccc1C(=O)Nc1cc(-c2ccccc2)nn1-c1ccccc1. The monoisotopic (exact) mass is 369 g/mol. The Morgan fingerprint density at radius 1 is 0.893 bits per heavy atom. The minimum absolute atomic E-state index is 0.255. The first kappa shape index (κ1) is 17.5. The molecule has 1 heterocycles. The van der Waals surface area contributed by atoms with Gasteiger partial charge in [-0.15, -0.1) is 0 Å². The largest absolute Gasteiger partial charge is 0.496 e. The highest BCUT2D eigenvalue weighted by atomic mass is 16.5. The summed E-state index contributed by atoms with van der Waals surface area (Å²) in [7, 11) is 1.55. The Labute approximate surface area is 163 Å². The number of amides is 1. The van der Waals surface area contributed by atoms with Gasteiger partial charge in [0.05, 0.1) is 24.1 Å². The number of carbonyl (C=O) groups is 1. The molecule has 0 aliphatic carbocycles. The van der Waals surface area contributed by atoms with Crippen molar-refractivity contribution in [3.05, 3.63) is 96.6 Å². The van der Waals surface area contributed by atoms with Gasteiger partial charge in [-0.2, -0.15) is 5.10 Å². The lowest BCUT2D eigenvalue weighted by Gasteiger charge is -2.11. The second kappa shape index (κ2) is 7.80. The van der Waals surface area contributed by atoms with Gasteiger partial charge in [-0.05, 0) is 24.3 Å². The molecule has 0 unspecified atom stereocenters. The quantitative estimate of drug-likeness (QED) is 0.550. The third-order valence-corrected chi connectivity index (χ3v) is 4.37. The molecule has 5 heteroatoms. The normalized spacial score (nSPS) is 10.5. The van der Waals surface area contributed by atoms with Gasteiger partial charge in [-0.3, -0.25) is 4.79 Å². The Balaban J connectivity index is 1.75. The zero-order valence-corrected chi connectivity index (χ0v) is 15.4. The zero-order chi connectivity index (χ0) is 19.3. The van der Waals surface area contributed by atoms with Crippen LogP contribution in [0.25, 0.3) is 16.9 Å². The maximum Gasteiger partial charge on any atom is 0.260 e. The molecule has 1 N–H and O–H groups in total.